The fraction of sp³-hybridized carbons (Fsp3) is 0.875. The first-order chi connectivity index (χ1) is 7.44. The average molecular weight is 271 g/mol. The zero-order chi connectivity index (χ0) is 12.2. The smallest absolute Gasteiger partial charge is 0.421 e. The van der Waals surface area contributed by atoms with Crippen LogP contribution in [0.15, 0.2) is 0 Å². The first-order valence-corrected chi connectivity index (χ1v) is 6.95. The Morgan fingerprint density at radius 2 is 2.19 bits per heavy atom. The molecule has 8 heteroatoms. The second-order valence-electron chi connectivity index (χ2n) is 3.53. The van der Waals surface area contributed by atoms with Crippen molar-refractivity contribution in [1.29, 1.82) is 0 Å². The predicted molar refractivity (Wildman–Crippen MR) is 59.4 cm³/mol. The Morgan fingerprint density at radius 3 is 2.69 bits per heavy atom. The molecule has 0 aromatic heterocycles. The molecular formula is C8H15ClN2O4S. The fourth-order valence-electron chi connectivity index (χ4n) is 1.12. The number of ether oxygens (including phenoxy) is 1. The van der Waals surface area contributed by atoms with Gasteiger partial charge in [0.15, 0.2) is 0 Å². The molecule has 1 atom stereocenters. The topological polar surface area (TPSA) is 84.5 Å². The van der Waals surface area contributed by atoms with Gasteiger partial charge in [0.25, 0.3) is 0 Å². The van der Waals surface area contributed by atoms with E-state index in [1.807, 2.05) is 0 Å². The minimum Gasteiger partial charge on any atom is -0.449 e. The summed E-state index contributed by atoms with van der Waals surface area (Å²) in [7, 11) is -3.86. The summed E-state index contributed by atoms with van der Waals surface area (Å²) >= 11 is 5.91. The highest BCUT2D eigenvalue weighted by Gasteiger charge is 2.30. The second-order valence-corrected chi connectivity index (χ2v) is 5.59. The minimum atomic E-state index is -3.86. The van der Waals surface area contributed by atoms with Crippen LogP contribution in [-0.2, 0) is 14.9 Å². The van der Waals surface area contributed by atoms with Gasteiger partial charge in [-0.1, -0.05) is 0 Å². The molecule has 1 fully saturated rings. The molecule has 2 N–H and O–H groups in total. The molecule has 0 aliphatic heterocycles. The highest BCUT2D eigenvalue weighted by Crippen LogP contribution is 2.35. The van der Waals surface area contributed by atoms with Crippen molar-refractivity contribution >= 4 is 27.9 Å². The number of hydrogen-bond acceptors (Lipinski definition) is 4. The van der Waals surface area contributed by atoms with E-state index < -0.39 is 16.3 Å². The van der Waals surface area contributed by atoms with E-state index in [-0.39, 0.29) is 18.5 Å². The highest BCUT2D eigenvalue weighted by molar-refractivity contribution is 7.88. The molecular weight excluding hydrogens is 256 g/mol. The van der Waals surface area contributed by atoms with Gasteiger partial charge in [-0.3, -0.25) is 0 Å². The van der Waals surface area contributed by atoms with E-state index in [2.05, 4.69) is 9.46 Å². The van der Waals surface area contributed by atoms with Crippen LogP contribution in [0.1, 0.15) is 19.8 Å². The van der Waals surface area contributed by atoms with Crippen LogP contribution in [0.3, 0.4) is 0 Å². The van der Waals surface area contributed by atoms with Gasteiger partial charge in [0, 0.05) is 11.9 Å². The maximum Gasteiger partial charge on any atom is 0.421 e. The lowest BCUT2D eigenvalue weighted by molar-refractivity contribution is 0.158. The molecule has 0 radical (unpaired) electrons. The van der Waals surface area contributed by atoms with E-state index in [0.717, 1.165) is 12.8 Å². The molecule has 0 saturated heterocycles. The number of halogens is 1. The number of carbonyl (C=O) groups excluding carboxylic acids is 1. The molecule has 94 valence electrons. The Kier molecular flexibility index (Phi) is 4.82. The van der Waals surface area contributed by atoms with Gasteiger partial charge in [0.2, 0.25) is 0 Å². The third-order valence-corrected chi connectivity index (χ3v) is 3.59. The number of rotatable bonds is 6. The van der Waals surface area contributed by atoms with E-state index in [1.165, 1.54) is 0 Å². The third kappa shape index (κ3) is 5.00. The van der Waals surface area contributed by atoms with Gasteiger partial charge in [-0.15, -0.1) is 11.6 Å². The van der Waals surface area contributed by atoms with Gasteiger partial charge in [-0.05, 0) is 25.7 Å². The average Bonchev–Trinajstić information content (AvgIpc) is 2.96. The van der Waals surface area contributed by atoms with E-state index in [1.54, 1.807) is 11.6 Å². The highest BCUT2D eigenvalue weighted by atomic mass is 35.5. The second kappa shape index (κ2) is 5.70. The van der Waals surface area contributed by atoms with Gasteiger partial charge in [-0.25, -0.2) is 9.52 Å². The monoisotopic (exact) mass is 270 g/mol. The van der Waals surface area contributed by atoms with Crippen molar-refractivity contribution in [2.45, 2.75) is 25.1 Å². The number of amides is 1. The van der Waals surface area contributed by atoms with Crippen LogP contribution < -0.4 is 9.44 Å². The largest absolute Gasteiger partial charge is 0.449 e. The summed E-state index contributed by atoms with van der Waals surface area (Å²) in [4.78, 5) is 10.9. The molecule has 1 saturated carbocycles. The molecule has 0 bridgehead atoms. The van der Waals surface area contributed by atoms with Crippen molar-refractivity contribution in [3.8, 4) is 0 Å². The molecule has 1 aliphatic carbocycles. The Morgan fingerprint density at radius 1 is 1.56 bits per heavy atom. The Balaban J connectivity index is 2.30. The molecule has 1 unspecified atom stereocenters. The quantitative estimate of drug-likeness (QED) is 0.692. The van der Waals surface area contributed by atoms with Crippen molar-refractivity contribution < 1.29 is 17.9 Å². The number of hydrogen-bond donors (Lipinski definition) is 2. The molecule has 0 aromatic rings. The van der Waals surface area contributed by atoms with E-state index in [0.29, 0.717) is 5.92 Å². The molecule has 1 rings (SSSR count). The van der Waals surface area contributed by atoms with Gasteiger partial charge < -0.3 is 4.74 Å². The summed E-state index contributed by atoms with van der Waals surface area (Å²) in [6.07, 6.45) is 1.06. The van der Waals surface area contributed by atoms with Crippen LogP contribution in [0.25, 0.3) is 0 Å². The Hall–Kier alpha value is -0.530. The first kappa shape index (κ1) is 13.5. The van der Waals surface area contributed by atoms with Crippen LogP contribution in [-0.4, -0.2) is 33.0 Å². The number of alkyl halides is 1. The Bertz CT molecular complexity index is 342. The lowest BCUT2D eigenvalue weighted by atomic mass is 10.3. The molecule has 0 heterocycles. The fourth-order valence-corrected chi connectivity index (χ4v) is 2.29. The van der Waals surface area contributed by atoms with Crippen LogP contribution in [0.2, 0.25) is 0 Å². The molecule has 1 amide bonds. The van der Waals surface area contributed by atoms with Crippen molar-refractivity contribution in [3.05, 3.63) is 0 Å². The summed E-state index contributed by atoms with van der Waals surface area (Å²) in [5, 5.41) is -0.223. The zero-order valence-corrected chi connectivity index (χ0v) is 10.5. The van der Waals surface area contributed by atoms with Crippen LogP contribution in [0.5, 0.6) is 0 Å². The van der Waals surface area contributed by atoms with Crippen molar-refractivity contribution in [2.24, 2.45) is 5.92 Å². The summed E-state index contributed by atoms with van der Waals surface area (Å²) in [5.41, 5.74) is 0. The summed E-state index contributed by atoms with van der Waals surface area (Å²) in [6.45, 7) is 1.81. The molecule has 0 spiro atoms. The van der Waals surface area contributed by atoms with Gasteiger partial charge in [0.05, 0.1) is 6.61 Å². The molecule has 1 aliphatic rings. The van der Waals surface area contributed by atoms with Crippen LogP contribution >= 0.6 is 11.6 Å². The first-order valence-electron chi connectivity index (χ1n) is 5.03. The predicted octanol–water partition coefficient (Wildman–Crippen LogP) is 0.584. The zero-order valence-electron chi connectivity index (χ0n) is 8.90. The third-order valence-electron chi connectivity index (χ3n) is 2.10. The summed E-state index contributed by atoms with van der Waals surface area (Å²) in [6, 6.07) is 0. The summed E-state index contributed by atoms with van der Waals surface area (Å²) in [5.74, 6) is 0.381. The van der Waals surface area contributed by atoms with Gasteiger partial charge in [0.1, 0.15) is 0 Å². The van der Waals surface area contributed by atoms with Crippen molar-refractivity contribution in [1.82, 2.24) is 9.44 Å². The van der Waals surface area contributed by atoms with Crippen LogP contribution in [0, 0.1) is 5.92 Å². The maximum atomic E-state index is 11.3. The van der Waals surface area contributed by atoms with E-state index in [4.69, 9.17) is 11.6 Å². The maximum absolute atomic E-state index is 11.3. The minimum absolute atomic E-state index is 0.112. The normalized spacial score (nSPS) is 17.9. The Labute approximate surface area is 99.9 Å². The summed E-state index contributed by atoms with van der Waals surface area (Å²) < 4.78 is 30.9. The molecule has 16 heavy (non-hydrogen) atoms. The van der Waals surface area contributed by atoms with Crippen molar-refractivity contribution in [2.75, 3.05) is 13.2 Å². The van der Waals surface area contributed by atoms with Gasteiger partial charge >= 0.3 is 16.3 Å². The molecule has 0 aromatic carbocycles. The number of carbonyl (C=O) groups is 1. The van der Waals surface area contributed by atoms with E-state index in [9.17, 15) is 13.2 Å². The van der Waals surface area contributed by atoms with Crippen molar-refractivity contribution in [3.63, 3.8) is 0 Å². The van der Waals surface area contributed by atoms with Gasteiger partial charge in [-0.2, -0.15) is 13.1 Å². The van der Waals surface area contributed by atoms with E-state index >= 15 is 0 Å². The molecule has 6 nitrogen and oxygen atoms in total. The lowest BCUT2D eigenvalue weighted by Crippen LogP contribution is -2.42. The van der Waals surface area contributed by atoms with Crippen LogP contribution in [0.4, 0.5) is 4.79 Å². The SMILES string of the molecule is CCOC(=O)NS(=O)(=O)NCC(Cl)C1CC1. The standard InChI is InChI=1S/C8H15ClN2O4S/c1-2-15-8(12)11-16(13,14)10-5-7(9)6-3-4-6/h6-7,10H,2-5H2,1H3,(H,11,12). The number of nitrogens with one attached hydrogen (secondary N) is 2. The lowest BCUT2D eigenvalue weighted by Gasteiger charge is -2.10.